The van der Waals surface area contributed by atoms with Crippen LogP contribution < -0.4 is 4.74 Å². The van der Waals surface area contributed by atoms with E-state index in [1.807, 2.05) is 42.5 Å². The summed E-state index contributed by atoms with van der Waals surface area (Å²) >= 11 is 5.90. The molecule has 0 radical (unpaired) electrons. The Morgan fingerprint density at radius 2 is 1.91 bits per heavy atom. The lowest BCUT2D eigenvalue weighted by Gasteiger charge is -2.08. The number of hydrogen-bond donors (Lipinski definition) is 0. The fourth-order valence-electron chi connectivity index (χ4n) is 2.34. The molecule has 0 aliphatic heterocycles. The van der Waals surface area contributed by atoms with Gasteiger partial charge in [-0.1, -0.05) is 41.9 Å². The highest BCUT2D eigenvalue weighted by atomic mass is 35.5. The molecule has 118 valence electrons. The number of nitrogens with zero attached hydrogens (tertiary/aromatic N) is 1. The standard InChI is InChI=1S/C18H16ClNO2S/c19-16-7-2-8-17(12-16)22-10-11-23(21)13-15-5-1-4-14-6-3-9-20-18(14)15/h1-9,12H,10-11,13H2/t23-/m0/s1. The van der Waals surface area contributed by atoms with Crippen molar-refractivity contribution in [3.05, 3.63) is 71.4 Å². The Morgan fingerprint density at radius 3 is 2.78 bits per heavy atom. The molecule has 1 heterocycles. The van der Waals surface area contributed by atoms with Crippen molar-refractivity contribution in [1.29, 1.82) is 0 Å². The smallest absolute Gasteiger partial charge is 0.120 e. The maximum atomic E-state index is 12.3. The van der Waals surface area contributed by atoms with Crippen molar-refractivity contribution in [1.82, 2.24) is 4.98 Å². The molecule has 0 aliphatic carbocycles. The van der Waals surface area contributed by atoms with Crippen molar-refractivity contribution >= 4 is 33.3 Å². The lowest BCUT2D eigenvalue weighted by molar-refractivity contribution is 0.342. The second kappa shape index (κ2) is 7.57. The van der Waals surface area contributed by atoms with Crippen LogP contribution in [0.5, 0.6) is 5.75 Å². The molecule has 3 nitrogen and oxygen atoms in total. The Kier molecular flexibility index (Phi) is 5.26. The summed E-state index contributed by atoms with van der Waals surface area (Å²) in [5, 5.41) is 1.70. The molecule has 0 saturated carbocycles. The van der Waals surface area contributed by atoms with Gasteiger partial charge in [0.05, 0.1) is 23.6 Å². The third kappa shape index (κ3) is 4.30. The molecule has 0 amide bonds. The van der Waals surface area contributed by atoms with Crippen molar-refractivity contribution in [2.24, 2.45) is 0 Å². The van der Waals surface area contributed by atoms with Crippen LogP contribution in [0.25, 0.3) is 10.9 Å². The molecule has 3 aromatic rings. The van der Waals surface area contributed by atoms with Gasteiger partial charge in [-0.15, -0.1) is 0 Å². The largest absolute Gasteiger partial charge is 0.493 e. The molecule has 0 unspecified atom stereocenters. The predicted octanol–water partition coefficient (Wildman–Crippen LogP) is 4.22. The van der Waals surface area contributed by atoms with E-state index < -0.39 is 10.8 Å². The minimum absolute atomic E-state index is 0.394. The number of pyridine rings is 1. The van der Waals surface area contributed by atoms with Crippen LogP contribution in [-0.4, -0.2) is 21.6 Å². The first-order chi connectivity index (χ1) is 11.2. The maximum Gasteiger partial charge on any atom is 0.120 e. The summed E-state index contributed by atoms with van der Waals surface area (Å²) in [6.45, 7) is 0.394. The third-order valence-electron chi connectivity index (χ3n) is 3.41. The Hall–Kier alpha value is -1.91. The second-order valence-corrected chi connectivity index (χ2v) is 7.10. The Bertz CT molecular complexity index is 833. The van der Waals surface area contributed by atoms with Gasteiger partial charge in [-0.3, -0.25) is 9.19 Å². The van der Waals surface area contributed by atoms with E-state index in [0.717, 1.165) is 16.5 Å². The highest BCUT2D eigenvalue weighted by molar-refractivity contribution is 7.84. The molecule has 0 N–H and O–H groups in total. The summed E-state index contributed by atoms with van der Waals surface area (Å²) in [6, 6.07) is 17.1. The van der Waals surface area contributed by atoms with Crippen molar-refractivity contribution in [3.63, 3.8) is 0 Å². The zero-order chi connectivity index (χ0) is 16.1. The molecular weight excluding hydrogens is 330 g/mol. The van der Waals surface area contributed by atoms with Gasteiger partial charge in [-0.2, -0.15) is 0 Å². The van der Waals surface area contributed by atoms with Gasteiger partial charge >= 0.3 is 0 Å². The van der Waals surface area contributed by atoms with Crippen LogP contribution in [-0.2, 0) is 16.6 Å². The summed E-state index contributed by atoms with van der Waals surface area (Å²) in [6.07, 6.45) is 1.76. The number of ether oxygens (including phenoxy) is 1. The third-order valence-corrected chi connectivity index (χ3v) is 4.90. The Labute approximate surface area is 142 Å². The number of aromatic nitrogens is 1. The highest BCUT2D eigenvalue weighted by Crippen LogP contribution is 2.18. The normalized spacial score (nSPS) is 12.2. The van der Waals surface area contributed by atoms with Gasteiger partial charge in [-0.05, 0) is 29.8 Å². The van der Waals surface area contributed by atoms with Crippen LogP contribution >= 0.6 is 11.6 Å². The first-order valence-corrected chi connectivity index (χ1v) is 9.15. The Morgan fingerprint density at radius 1 is 1.09 bits per heavy atom. The zero-order valence-electron chi connectivity index (χ0n) is 12.4. The van der Waals surface area contributed by atoms with Crippen LogP contribution in [0.15, 0.2) is 60.8 Å². The van der Waals surface area contributed by atoms with E-state index in [2.05, 4.69) is 4.98 Å². The van der Waals surface area contributed by atoms with Crippen molar-refractivity contribution in [3.8, 4) is 5.75 Å². The maximum absolute atomic E-state index is 12.3. The number of rotatable bonds is 6. The fraction of sp³-hybridized carbons (Fsp3) is 0.167. The summed E-state index contributed by atoms with van der Waals surface area (Å²) in [5.74, 6) is 1.64. The van der Waals surface area contributed by atoms with Crippen LogP contribution in [0, 0.1) is 0 Å². The fourth-order valence-corrected chi connectivity index (χ4v) is 3.51. The van der Waals surface area contributed by atoms with Crippen LogP contribution in [0.3, 0.4) is 0 Å². The first-order valence-electron chi connectivity index (χ1n) is 7.28. The molecule has 0 saturated heterocycles. The number of fused-ring (bicyclic) bond motifs is 1. The first kappa shape index (κ1) is 16.0. The minimum Gasteiger partial charge on any atom is -0.493 e. The molecule has 1 aromatic heterocycles. The lowest BCUT2D eigenvalue weighted by Crippen LogP contribution is -2.10. The highest BCUT2D eigenvalue weighted by Gasteiger charge is 2.07. The van der Waals surface area contributed by atoms with E-state index in [-0.39, 0.29) is 0 Å². The average Bonchev–Trinajstić information content (AvgIpc) is 2.55. The van der Waals surface area contributed by atoms with Crippen molar-refractivity contribution in [2.75, 3.05) is 12.4 Å². The number of hydrogen-bond acceptors (Lipinski definition) is 3. The molecule has 3 rings (SSSR count). The van der Waals surface area contributed by atoms with Crippen molar-refractivity contribution in [2.45, 2.75) is 5.75 Å². The van der Waals surface area contributed by atoms with Gasteiger partial charge < -0.3 is 4.74 Å². The summed E-state index contributed by atoms with van der Waals surface area (Å²) < 4.78 is 17.9. The van der Waals surface area contributed by atoms with Crippen LogP contribution in [0.1, 0.15) is 5.56 Å². The van der Waals surface area contributed by atoms with Gasteiger partial charge in [0.1, 0.15) is 5.75 Å². The topological polar surface area (TPSA) is 39.2 Å². The lowest BCUT2D eigenvalue weighted by atomic mass is 10.1. The van der Waals surface area contributed by atoms with Gasteiger partial charge in [0, 0.05) is 27.4 Å². The van der Waals surface area contributed by atoms with E-state index >= 15 is 0 Å². The van der Waals surface area contributed by atoms with E-state index in [1.165, 1.54) is 0 Å². The molecule has 5 heteroatoms. The predicted molar refractivity (Wildman–Crippen MR) is 95.4 cm³/mol. The molecule has 0 spiro atoms. The van der Waals surface area contributed by atoms with E-state index in [9.17, 15) is 4.21 Å². The molecule has 0 aliphatic rings. The summed E-state index contributed by atoms with van der Waals surface area (Å²) in [5.41, 5.74) is 1.92. The summed E-state index contributed by atoms with van der Waals surface area (Å²) in [7, 11) is -1.00. The molecule has 0 fully saturated rings. The number of benzene rings is 2. The average molecular weight is 346 g/mol. The molecule has 2 aromatic carbocycles. The van der Waals surface area contributed by atoms with Gasteiger partial charge in [0.25, 0.3) is 0 Å². The molecular formula is C18H16ClNO2S. The molecule has 0 bridgehead atoms. The zero-order valence-corrected chi connectivity index (χ0v) is 14.0. The number of para-hydroxylation sites is 1. The summed E-state index contributed by atoms with van der Waals surface area (Å²) in [4.78, 5) is 4.39. The van der Waals surface area contributed by atoms with Gasteiger partial charge in [-0.25, -0.2) is 0 Å². The second-order valence-electron chi connectivity index (χ2n) is 5.09. The number of halogens is 1. The Balaban J connectivity index is 1.59. The van der Waals surface area contributed by atoms with Crippen LogP contribution in [0.2, 0.25) is 5.02 Å². The van der Waals surface area contributed by atoms with E-state index in [0.29, 0.717) is 28.9 Å². The van der Waals surface area contributed by atoms with E-state index in [1.54, 1.807) is 18.3 Å². The quantitative estimate of drug-likeness (QED) is 0.671. The SMILES string of the molecule is O=[S@@](CCOc1cccc(Cl)c1)Cc1cccc2cccnc12. The minimum atomic E-state index is -1.00. The van der Waals surface area contributed by atoms with Crippen LogP contribution in [0.4, 0.5) is 0 Å². The van der Waals surface area contributed by atoms with Crippen molar-refractivity contribution < 1.29 is 8.95 Å². The van der Waals surface area contributed by atoms with E-state index in [4.69, 9.17) is 16.3 Å². The monoisotopic (exact) mass is 345 g/mol. The van der Waals surface area contributed by atoms with Gasteiger partial charge in [0.2, 0.25) is 0 Å². The molecule has 1 atom stereocenters. The van der Waals surface area contributed by atoms with Gasteiger partial charge in [0.15, 0.2) is 0 Å². The molecule has 23 heavy (non-hydrogen) atoms.